The number of imidazole rings is 1. The normalized spacial score (nSPS) is 12.3. The maximum Gasteiger partial charge on any atom is 0.247 e. The molecule has 4 aromatic carbocycles. The number of aliphatic hydroxyl groups is 1. The van der Waals surface area contributed by atoms with Crippen LogP contribution >= 0.6 is 0 Å². The van der Waals surface area contributed by atoms with Crippen LogP contribution < -0.4 is 10.5 Å². The second-order valence-corrected chi connectivity index (χ2v) is 9.97. The van der Waals surface area contributed by atoms with E-state index in [1.54, 1.807) is 10.9 Å². The molecule has 210 valence electrons. The Bertz CT molecular complexity index is 1630. The average molecular weight is 558 g/mol. The number of aliphatic hydroxyl groups excluding tert-OH is 1. The van der Waals surface area contributed by atoms with Crippen LogP contribution in [0.2, 0.25) is 0 Å². The van der Waals surface area contributed by atoms with Crippen molar-refractivity contribution in [3.05, 3.63) is 150 Å². The third-order valence-electron chi connectivity index (χ3n) is 7.11. The SMILES string of the molecule is Nc1nc(OCc2ccccc2)c2ncn(C[C@H](O)COC(c3ccccc3)(c3ccccc3)c3ccccc3)c2n1. The van der Waals surface area contributed by atoms with E-state index in [-0.39, 0.29) is 19.1 Å². The molecule has 0 aliphatic rings. The minimum atomic E-state index is -0.938. The van der Waals surface area contributed by atoms with Gasteiger partial charge in [-0.25, -0.2) is 4.98 Å². The Hall–Kier alpha value is -5.05. The van der Waals surface area contributed by atoms with Crippen LogP contribution in [0, 0.1) is 0 Å². The first-order valence-corrected chi connectivity index (χ1v) is 13.8. The van der Waals surface area contributed by atoms with E-state index in [4.69, 9.17) is 15.2 Å². The highest BCUT2D eigenvalue weighted by atomic mass is 16.5. The second kappa shape index (κ2) is 12.2. The number of rotatable bonds is 11. The highest BCUT2D eigenvalue weighted by molar-refractivity contribution is 5.77. The number of anilines is 1. The van der Waals surface area contributed by atoms with E-state index >= 15 is 0 Å². The summed E-state index contributed by atoms with van der Waals surface area (Å²) < 4.78 is 14.5. The highest BCUT2D eigenvalue weighted by Gasteiger charge is 2.38. The Labute approximate surface area is 244 Å². The van der Waals surface area contributed by atoms with E-state index in [0.717, 1.165) is 22.3 Å². The van der Waals surface area contributed by atoms with Gasteiger partial charge < -0.3 is 24.9 Å². The van der Waals surface area contributed by atoms with Crippen molar-refractivity contribution in [3.63, 3.8) is 0 Å². The molecule has 0 saturated carbocycles. The molecule has 0 aliphatic heterocycles. The highest BCUT2D eigenvalue weighted by Crippen LogP contribution is 2.40. The average Bonchev–Trinajstić information content (AvgIpc) is 3.44. The van der Waals surface area contributed by atoms with Gasteiger partial charge in [-0.05, 0) is 22.3 Å². The van der Waals surface area contributed by atoms with Crippen LogP contribution in [0.4, 0.5) is 5.95 Å². The fourth-order valence-electron chi connectivity index (χ4n) is 5.16. The van der Waals surface area contributed by atoms with Gasteiger partial charge in [-0.1, -0.05) is 121 Å². The van der Waals surface area contributed by atoms with Crippen LogP contribution in [-0.2, 0) is 23.5 Å². The molecule has 0 radical (unpaired) electrons. The molecule has 0 aliphatic carbocycles. The lowest BCUT2D eigenvalue weighted by Crippen LogP contribution is -2.36. The molecule has 8 heteroatoms. The van der Waals surface area contributed by atoms with Crippen LogP contribution in [0.15, 0.2) is 128 Å². The van der Waals surface area contributed by atoms with Gasteiger partial charge in [0.15, 0.2) is 11.2 Å². The molecule has 0 saturated heterocycles. The lowest BCUT2D eigenvalue weighted by molar-refractivity contribution is -0.0420. The quantitative estimate of drug-likeness (QED) is 0.207. The van der Waals surface area contributed by atoms with E-state index in [1.165, 1.54) is 0 Å². The van der Waals surface area contributed by atoms with Crippen molar-refractivity contribution in [1.82, 2.24) is 19.5 Å². The summed E-state index contributed by atoms with van der Waals surface area (Å²) >= 11 is 0. The van der Waals surface area contributed by atoms with Crippen LogP contribution in [-0.4, -0.2) is 37.3 Å². The van der Waals surface area contributed by atoms with Crippen molar-refractivity contribution >= 4 is 17.1 Å². The van der Waals surface area contributed by atoms with Crippen LogP contribution in [0.5, 0.6) is 5.88 Å². The molecule has 42 heavy (non-hydrogen) atoms. The number of aromatic nitrogens is 4. The van der Waals surface area contributed by atoms with Gasteiger partial charge in [0.25, 0.3) is 0 Å². The maximum absolute atomic E-state index is 11.3. The standard InChI is InChI=1S/C34H31N5O3/c35-33-37-31-30(32(38-33)41-22-25-13-5-1-6-14-25)36-24-39(31)21-29(40)23-42-34(26-15-7-2-8-16-26,27-17-9-3-10-18-27)28-19-11-4-12-20-28/h1-20,24,29,40H,21-23H2,(H2,35,37,38)/t29-/m0/s1. The molecule has 2 aromatic heterocycles. The Kier molecular flexibility index (Phi) is 7.89. The number of ether oxygens (including phenoxy) is 2. The lowest BCUT2D eigenvalue weighted by Gasteiger charge is -2.36. The molecule has 0 spiro atoms. The van der Waals surface area contributed by atoms with Gasteiger partial charge in [-0.15, -0.1) is 0 Å². The maximum atomic E-state index is 11.3. The molecule has 0 amide bonds. The number of nitrogen functional groups attached to an aromatic ring is 1. The Morgan fingerprint density at radius 3 is 1.81 bits per heavy atom. The van der Waals surface area contributed by atoms with Crippen LogP contribution in [0.1, 0.15) is 22.3 Å². The topological polar surface area (TPSA) is 108 Å². The third-order valence-corrected chi connectivity index (χ3v) is 7.11. The summed E-state index contributed by atoms with van der Waals surface area (Å²) in [5, 5.41) is 11.3. The van der Waals surface area contributed by atoms with Crippen LogP contribution in [0.25, 0.3) is 11.2 Å². The zero-order chi connectivity index (χ0) is 28.8. The van der Waals surface area contributed by atoms with Gasteiger partial charge in [-0.3, -0.25) is 0 Å². The van der Waals surface area contributed by atoms with Crippen molar-refractivity contribution in [2.45, 2.75) is 24.9 Å². The van der Waals surface area contributed by atoms with Gasteiger partial charge in [0, 0.05) is 0 Å². The fourth-order valence-corrected chi connectivity index (χ4v) is 5.16. The predicted octanol–water partition coefficient (Wildman–Crippen LogP) is 5.36. The molecule has 3 N–H and O–H groups in total. The molecule has 0 bridgehead atoms. The van der Waals surface area contributed by atoms with Gasteiger partial charge in [-0.2, -0.15) is 9.97 Å². The summed E-state index contributed by atoms with van der Waals surface area (Å²) in [6.07, 6.45) is 0.721. The zero-order valence-corrected chi connectivity index (χ0v) is 23.0. The number of benzene rings is 4. The van der Waals surface area contributed by atoms with Gasteiger partial charge in [0.2, 0.25) is 11.8 Å². The summed E-state index contributed by atoms with van der Waals surface area (Å²) in [5.41, 5.74) is 9.92. The van der Waals surface area contributed by atoms with E-state index in [0.29, 0.717) is 23.7 Å². The Morgan fingerprint density at radius 1 is 0.738 bits per heavy atom. The largest absolute Gasteiger partial charge is 0.471 e. The third kappa shape index (κ3) is 5.58. The monoisotopic (exact) mass is 557 g/mol. The molecule has 6 aromatic rings. The number of nitrogens with two attached hydrogens (primary N) is 1. The Morgan fingerprint density at radius 2 is 1.26 bits per heavy atom. The smallest absolute Gasteiger partial charge is 0.247 e. The van der Waals surface area contributed by atoms with Crippen molar-refractivity contribution < 1.29 is 14.6 Å². The lowest BCUT2D eigenvalue weighted by atomic mass is 9.80. The molecule has 6 rings (SSSR count). The minimum Gasteiger partial charge on any atom is -0.471 e. The molecule has 0 fully saturated rings. The molecule has 2 heterocycles. The zero-order valence-electron chi connectivity index (χ0n) is 23.0. The summed E-state index contributed by atoms with van der Waals surface area (Å²) in [4.78, 5) is 13.1. The number of hydrogen-bond acceptors (Lipinski definition) is 7. The van der Waals surface area contributed by atoms with Gasteiger partial charge in [0.05, 0.1) is 25.6 Å². The van der Waals surface area contributed by atoms with Crippen molar-refractivity contribution in [1.29, 1.82) is 0 Å². The molecule has 1 atom stereocenters. The first kappa shape index (κ1) is 27.1. The molecule has 8 nitrogen and oxygen atoms in total. The predicted molar refractivity (Wildman–Crippen MR) is 162 cm³/mol. The minimum absolute atomic E-state index is 0.0380. The van der Waals surface area contributed by atoms with Crippen molar-refractivity contribution in [2.24, 2.45) is 0 Å². The molecule has 0 unspecified atom stereocenters. The van der Waals surface area contributed by atoms with Crippen molar-refractivity contribution in [2.75, 3.05) is 12.3 Å². The van der Waals surface area contributed by atoms with Crippen molar-refractivity contribution in [3.8, 4) is 5.88 Å². The summed E-state index contributed by atoms with van der Waals surface area (Å²) in [6.45, 7) is 0.534. The van der Waals surface area contributed by atoms with E-state index in [2.05, 4.69) is 15.0 Å². The summed E-state index contributed by atoms with van der Waals surface area (Å²) in [7, 11) is 0. The Balaban J connectivity index is 1.27. The second-order valence-electron chi connectivity index (χ2n) is 9.97. The van der Waals surface area contributed by atoms with E-state index in [9.17, 15) is 5.11 Å². The van der Waals surface area contributed by atoms with Crippen LogP contribution in [0.3, 0.4) is 0 Å². The summed E-state index contributed by atoms with van der Waals surface area (Å²) in [5.74, 6) is 0.358. The summed E-state index contributed by atoms with van der Waals surface area (Å²) in [6, 6.07) is 40.0. The van der Waals surface area contributed by atoms with Gasteiger partial charge in [0.1, 0.15) is 12.2 Å². The first-order chi connectivity index (χ1) is 20.6. The van der Waals surface area contributed by atoms with E-state index < -0.39 is 11.7 Å². The molecular weight excluding hydrogens is 526 g/mol. The van der Waals surface area contributed by atoms with E-state index in [1.807, 2.05) is 121 Å². The number of nitrogens with zero attached hydrogens (tertiary/aromatic N) is 4. The number of fused-ring (bicyclic) bond motifs is 1. The van der Waals surface area contributed by atoms with Gasteiger partial charge >= 0.3 is 0 Å². The fraction of sp³-hybridized carbons (Fsp3) is 0.147. The molecular formula is C34H31N5O3. The first-order valence-electron chi connectivity index (χ1n) is 13.8. The number of hydrogen-bond donors (Lipinski definition) is 2.